The van der Waals surface area contributed by atoms with Gasteiger partial charge in [0.15, 0.2) is 0 Å². The van der Waals surface area contributed by atoms with Crippen molar-refractivity contribution >= 4 is 23.1 Å². The molecule has 2 heterocycles. The Bertz CT molecular complexity index is 995. The van der Waals surface area contributed by atoms with E-state index in [1.165, 1.54) is 28.1 Å². The van der Waals surface area contributed by atoms with Gasteiger partial charge in [-0.1, -0.05) is 18.2 Å². The maximum absolute atomic E-state index is 6.01. The second kappa shape index (κ2) is 7.99. The Labute approximate surface area is 172 Å². The molecule has 1 aliphatic rings. The van der Waals surface area contributed by atoms with E-state index in [4.69, 9.17) is 11.5 Å². The van der Waals surface area contributed by atoms with Crippen molar-refractivity contribution in [1.29, 1.82) is 0 Å². The number of nitrogens with two attached hydrogens (primary N) is 2. The minimum Gasteiger partial charge on any atom is -0.383 e. The Hall–Kier alpha value is -3.28. The Balaban J connectivity index is 1.54. The Morgan fingerprint density at radius 3 is 2.41 bits per heavy atom. The van der Waals surface area contributed by atoms with Gasteiger partial charge in [-0.15, -0.1) is 0 Å². The molecule has 3 aromatic rings. The smallest absolute Gasteiger partial charge is 0.221 e. The lowest BCUT2D eigenvalue weighted by Gasteiger charge is -2.21. The molecule has 0 radical (unpaired) electrons. The third-order valence-electron chi connectivity index (χ3n) is 5.68. The zero-order chi connectivity index (χ0) is 20.4. The summed E-state index contributed by atoms with van der Waals surface area (Å²) in [5.74, 6) is 0.667. The van der Waals surface area contributed by atoms with Crippen LogP contribution in [-0.2, 0) is 13.0 Å². The average molecular weight is 389 g/mol. The van der Waals surface area contributed by atoms with Crippen molar-refractivity contribution < 1.29 is 0 Å². The molecule has 0 spiro atoms. The standard InChI is InChI=1S/C23H28N6/c1-3-28(4-2)20-8-5-16(6-9-20)17-7-10-21-18(13-17)11-12-29(21)15-19-14-26-23(25)27-22(19)24/h5-10,13-14H,3-4,11-12,15H2,1-2H3,(H4,24,25,26,27). The van der Waals surface area contributed by atoms with Gasteiger partial charge in [0.1, 0.15) is 5.82 Å². The molecule has 1 aliphatic heterocycles. The maximum Gasteiger partial charge on any atom is 0.221 e. The molecule has 29 heavy (non-hydrogen) atoms. The highest BCUT2D eigenvalue weighted by Gasteiger charge is 2.21. The fraction of sp³-hybridized carbons (Fsp3) is 0.304. The molecule has 6 heteroatoms. The number of fused-ring (bicyclic) bond motifs is 1. The summed E-state index contributed by atoms with van der Waals surface area (Å²) in [5.41, 5.74) is 18.9. The van der Waals surface area contributed by atoms with E-state index in [0.717, 1.165) is 31.6 Å². The van der Waals surface area contributed by atoms with Crippen LogP contribution in [0.5, 0.6) is 0 Å². The number of rotatable bonds is 6. The molecular formula is C23H28N6. The molecule has 1 aromatic heterocycles. The molecule has 4 rings (SSSR count). The minimum absolute atomic E-state index is 0.213. The van der Waals surface area contributed by atoms with E-state index in [-0.39, 0.29) is 5.95 Å². The van der Waals surface area contributed by atoms with Gasteiger partial charge in [0.25, 0.3) is 0 Å². The zero-order valence-corrected chi connectivity index (χ0v) is 17.1. The van der Waals surface area contributed by atoms with Gasteiger partial charge in [-0.3, -0.25) is 0 Å². The quantitative estimate of drug-likeness (QED) is 0.670. The molecule has 0 bridgehead atoms. The van der Waals surface area contributed by atoms with E-state index in [9.17, 15) is 0 Å². The van der Waals surface area contributed by atoms with Crippen molar-refractivity contribution in [2.75, 3.05) is 40.9 Å². The first kappa shape index (κ1) is 19.1. The number of nitrogens with zero attached hydrogens (tertiary/aromatic N) is 4. The third kappa shape index (κ3) is 3.83. The number of aromatic nitrogens is 2. The van der Waals surface area contributed by atoms with Crippen LogP contribution in [0.4, 0.5) is 23.1 Å². The molecule has 2 aromatic carbocycles. The highest BCUT2D eigenvalue weighted by molar-refractivity contribution is 5.72. The predicted molar refractivity (Wildman–Crippen MR) is 121 cm³/mol. The molecule has 0 amide bonds. The van der Waals surface area contributed by atoms with Crippen molar-refractivity contribution in [3.05, 3.63) is 59.8 Å². The average Bonchev–Trinajstić information content (AvgIpc) is 3.13. The Morgan fingerprint density at radius 1 is 1.00 bits per heavy atom. The number of benzene rings is 2. The molecular weight excluding hydrogens is 360 g/mol. The van der Waals surface area contributed by atoms with Crippen LogP contribution < -0.4 is 21.3 Å². The molecule has 6 nitrogen and oxygen atoms in total. The van der Waals surface area contributed by atoms with Crippen LogP contribution in [0.1, 0.15) is 25.0 Å². The molecule has 0 unspecified atom stereocenters. The minimum atomic E-state index is 0.213. The summed E-state index contributed by atoms with van der Waals surface area (Å²) in [6, 6.07) is 15.6. The lowest BCUT2D eigenvalue weighted by molar-refractivity contribution is 0.830. The summed E-state index contributed by atoms with van der Waals surface area (Å²) in [6.07, 6.45) is 2.75. The molecule has 0 saturated heterocycles. The number of anilines is 4. The van der Waals surface area contributed by atoms with Gasteiger partial charge in [-0.05, 0) is 61.2 Å². The fourth-order valence-electron chi connectivity index (χ4n) is 4.03. The second-order valence-electron chi connectivity index (χ2n) is 7.37. The second-order valence-corrected chi connectivity index (χ2v) is 7.37. The van der Waals surface area contributed by atoms with Crippen LogP contribution in [0.2, 0.25) is 0 Å². The first-order valence-electron chi connectivity index (χ1n) is 10.2. The summed E-state index contributed by atoms with van der Waals surface area (Å²) >= 11 is 0. The molecule has 0 atom stereocenters. The monoisotopic (exact) mass is 388 g/mol. The van der Waals surface area contributed by atoms with E-state index in [1.54, 1.807) is 6.20 Å². The van der Waals surface area contributed by atoms with Crippen molar-refractivity contribution in [1.82, 2.24) is 9.97 Å². The van der Waals surface area contributed by atoms with Gasteiger partial charge in [0.2, 0.25) is 5.95 Å². The number of hydrogen-bond acceptors (Lipinski definition) is 6. The molecule has 0 saturated carbocycles. The molecule has 4 N–H and O–H groups in total. The van der Waals surface area contributed by atoms with Crippen LogP contribution in [0.3, 0.4) is 0 Å². The highest BCUT2D eigenvalue weighted by Crippen LogP contribution is 2.34. The summed E-state index contributed by atoms with van der Waals surface area (Å²) < 4.78 is 0. The van der Waals surface area contributed by atoms with E-state index in [1.807, 2.05) is 0 Å². The molecule has 0 aliphatic carbocycles. The van der Waals surface area contributed by atoms with Gasteiger partial charge in [0.05, 0.1) is 0 Å². The van der Waals surface area contributed by atoms with Crippen molar-refractivity contribution in [3.8, 4) is 11.1 Å². The first-order chi connectivity index (χ1) is 14.1. The van der Waals surface area contributed by atoms with Crippen molar-refractivity contribution in [2.45, 2.75) is 26.8 Å². The van der Waals surface area contributed by atoms with Gasteiger partial charge in [-0.2, -0.15) is 4.98 Å². The van der Waals surface area contributed by atoms with Crippen LogP contribution >= 0.6 is 0 Å². The highest BCUT2D eigenvalue weighted by atomic mass is 15.2. The van der Waals surface area contributed by atoms with Crippen LogP contribution in [0, 0.1) is 0 Å². The largest absolute Gasteiger partial charge is 0.383 e. The summed E-state index contributed by atoms with van der Waals surface area (Å²) in [5, 5.41) is 0. The van der Waals surface area contributed by atoms with E-state index in [0.29, 0.717) is 12.4 Å². The zero-order valence-electron chi connectivity index (χ0n) is 17.1. The van der Waals surface area contributed by atoms with Gasteiger partial charge in [-0.25, -0.2) is 4.98 Å². The van der Waals surface area contributed by atoms with E-state index >= 15 is 0 Å². The van der Waals surface area contributed by atoms with Crippen molar-refractivity contribution in [2.24, 2.45) is 0 Å². The van der Waals surface area contributed by atoms with E-state index in [2.05, 4.69) is 76.1 Å². The lowest BCUT2D eigenvalue weighted by Crippen LogP contribution is -2.21. The SMILES string of the molecule is CCN(CC)c1ccc(-c2ccc3c(c2)CCN3Cc2cnc(N)nc2N)cc1. The van der Waals surface area contributed by atoms with Crippen LogP contribution in [0.25, 0.3) is 11.1 Å². The van der Waals surface area contributed by atoms with Gasteiger partial charge >= 0.3 is 0 Å². The van der Waals surface area contributed by atoms with Crippen LogP contribution in [-0.4, -0.2) is 29.6 Å². The van der Waals surface area contributed by atoms with E-state index < -0.39 is 0 Å². The first-order valence-corrected chi connectivity index (χ1v) is 10.2. The number of nitrogen functional groups attached to an aromatic ring is 2. The Morgan fingerprint density at radius 2 is 1.72 bits per heavy atom. The van der Waals surface area contributed by atoms with Crippen molar-refractivity contribution in [3.63, 3.8) is 0 Å². The maximum atomic E-state index is 6.01. The normalized spacial score (nSPS) is 12.8. The van der Waals surface area contributed by atoms with Gasteiger partial charge < -0.3 is 21.3 Å². The topological polar surface area (TPSA) is 84.3 Å². The summed E-state index contributed by atoms with van der Waals surface area (Å²) in [7, 11) is 0. The third-order valence-corrected chi connectivity index (χ3v) is 5.68. The van der Waals surface area contributed by atoms with Gasteiger partial charge in [0, 0.05) is 49.3 Å². The Kier molecular flexibility index (Phi) is 5.25. The molecule has 0 fully saturated rings. The number of hydrogen-bond donors (Lipinski definition) is 2. The predicted octanol–water partition coefficient (Wildman–Crippen LogP) is 3.72. The lowest BCUT2D eigenvalue weighted by atomic mass is 10.0. The van der Waals surface area contributed by atoms with Crippen LogP contribution in [0.15, 0.2) is 48.7 Å². The fourth-order valence-corrected chi connectivity index (χ4v) is 4.03. The molecule has 150 valence electrons. The summed E-state index contributed by atoms with van der Waals surface area (Å²) in [6.45, 7) is 8.07. The summed E-state index contributed by atoms with van der Waals surface area (Å²) in [4.78, 5) is 12.8.